The Kier molecular flexibility index (Phi) is 19.6. The first-order valence-electron chi connectivity index (χ1n) is 10.9. The highest BCUT2D eigenvalue weighted by Gasteiger charge is 2.17. The first-order valence-corrected chi connectivity index (χ1v) is 12.5. The van der Waals surface area contributed by atoms with Crippen LogP contribution in [0.5, 0.6) is 0 Å². The lowest BCUT2D eigenvalue weighted by atomic mass is 10.1. The molecule has 0 saturated heterocycles. The van der Waals surface area contributed by atoms with E-state index in [0.717, 1.165) is 19.3 Å². The van der Waals surface area contributed by atoms with Crippen molar-refractivity contribution >= 4 is 13.9 Å². The van der Waals surface area contributed by atoms with E-state index >= 15 is 0 Å². The van der Waals surface area contributed by atoms with E-state index in [9.17, 15) is 9.36 Å². The monoisotopic (exact) mass is 403 g/mol. The minimum absolute atomic E-state index is 0.513. The number of allylic oxidation sites excluding steroid dienone is 2. The highest BCUT2D eigenvalue weighted by Crippen LogP contribution is 2.19. The number of hydrogen-bond acceptors (Lipinski definition) is 3. The molecule has 160 valence electrons. The van der Waals surface area contributed by atoms with Crippen molar-refractivity contribution in [3.8, 4) is 0 Å². The third-order valence-electron chi connectivity index (χ3n) is 4.73. The van der Waals surface area contributed by atoms with Crippen molar-refractivity contribution in [2.75, 3.05) is 12.8 Å². The van der Waals surface area contributed by atoms with Crippen LogP contribution in [0.4, 0.5) is 0 Å². The third kappa shape index (κ3) is 18.5. The summed E-state index contributed by atoms with van der Waals surface area (Å²) in [6.07, 6.45) is 22.4. The average molecular weight is 404 g/mol. The molecule has 0 aliphatic rings. The SMILES string of the molecule is CCCCCC/C=C/CCCCCCCCCC[PH](=O)N[C@@H](CO)C(=O)O. The van der Waals surface area contributed by atoms with Crippen LogP contribution in [0.25, 0.3) is 0 Å². The average Bonchev–Trinajstić information content (AvgIpc) is 2.65. The van der Waals surface area contributed by atoms with Gasteiger partial charge in [0.25, 0.3) is 0 Å². The maximum atomic E-state index is 11.8. The molecule has 0 heterocycles. The Balaban J connectivity index is 3.32. The Labute approximate surface area is 166 Å². The molecule has 0 aliphatic carbocycles. The van der Waals surface area contributed by atoms with Gasteiger partial charge in [-0.05, 0) is 32.1 Å². The molecule has 0 aromatic heterocycles. The molecule has 0 spiro atoms. The van der Waals surface area contributed by atoms with Gasteiger partial charge in [0.15, 0.2) is 0 Å². The second-order valence-electron chi connectivity index (χ2n) is 7.33. The molecule has 0 aliphatic heterocycles. The van der Waals surface area contributed by atoms with E-state index in [4.69, 9.17) is 10.2 Å². The van der Waals surface area contributed by atoms with Crippen LogP contribution in [-0.2, 0) is 9.36 Å². The van der Waals surface area contributed by atoms with Crippen molar-refractivity contribution in [2.24, 2.45) is 0 Å². The minimum Gasteiger partial charge on any atom is -0.480 e. The zero-order valence-electron chi connectivity index (χ0n) is 17.3. The van der Waals surface area contributed by atoms with Crippen molar-refractivity contribution in [1.82, 2.24) is 5.09 Å². The summed E-state index contributed by atoms with van der Waals surface area (Å²) in [4.78, 5) is 10.7. The van der Waals surface area contributed by atoms with E-state index in [2.05, 4.69) is 24.2 Å². The number of rotatable bonds is 20. The van der Waals surface area contributed by atoms with Crippen molar-refractivity contribution in [3.63, 3.8) is 0 Å². The maximum absolute atomic E-state index is 11.8. The molecular weight excluding hydrogens is 361 g/mol. The van der Waals surface area contributed by atoms with Crippen LogP contribution in [0.1, 0.15) is 96.8 Å². The molecule has 0 aromatic rings. The van der Waals surface area contributed by atoms with E-state index in [1.54, 1.807) is 0 Å². The van der Waals surface area contributed by atoms with Crippen LogP contribution >= 0.6 is 7.95 Å². The zero-order valence-corrected chi connectivity index (χ0v) is 18.3. The van der Waals surface area contributed by atoms with Gasteiger partial charge in [-0.1, -0.05) is 76.9 Å². The number of carbonyl (C=O) groups is 1. The summed E-state index contributed by atoms with van der Waals surface area (Å²) in [5, 5.41) is 20.2. The number of carboxylic acids is 1. The number of aliphatic carboxylic acids is 1. The van der Waals surface area contributed by atoms with Crippen LogP contribution < -0.4 is 5.09 Å². The van der Waals surface area contributed by atoms with Gasteiger partial charge in [-0.3, -0.25) is 9.88 Å². The molecule has 0 saturated carbocycles. The summed E-state index contributed by atoms with van der Waals surface area (Å²) in [6.45, 7) is 1.72. The van der Waals surface area contributed by atoms with E-state index in [0.29, 0.717) is 6.16 Å². The Hall–Kier alpha value is -0.640. The Bertz CT molecular complexity index is 402. The zero-order chi connectivity index (χ0) is 20.2. The van der Waals surface area contributed by atoms with E-state index in [1.165, 1.54) is 70.6 Å². The van der Waals surface area contributed by atoms with Gasteiger partial charge in [-0.2, -0.15) is 0 Å². The fourth-order valence-corrected chi connectivity index (χ4v) is 4.30. The summed E-state index contributed by atoms with van der Waals surface area (Å²) >= 11 is 0. The minimum atomic E-state index is -2.11. The summed E-state index contributed by atoms with van der Waals surface area (Å²) < 4.78 is 11.8. The Morgan fingerprint density at radius 3 is 1.85 bits per heavy atom. The Morgan fingerprint density at radius 1 is 0.889 bits per heavy atom. The van der Waals surface area contributed by atoms with Gasteiger partial charge < -0.3 is 14.8 Å². The number of carboxylic acid groups (broad SMARTS) is 1. The second-order valence-corrected chi connectivity index (χ2v) is 8.96. The van der Waals surface area contributed by atoms with Gasteiger partial charge in [-0.15, -0.1) is 0 Å². The van der Waals surface area contributed by atoms with Crippen LogP contribution in [0.2, 0.25) is 0 Å². The summed E-state index contributed by atoms with van der Waals surface area (Å²) in [5.74, 6) is -1.15. The molecule has 0 aromatic carbocycles. The molecule has 27 heavy (non-hydrogen) atoms. The summed E-state index contributed by atoms with van der Waals surface area (Å²) in [6, 6.07) is -1.10. The van der Waals surface area contributed by atoms with Crippen LogP contribution in [0, 0.1) is 0 Å². The number of aliphatic hydroxyl groups excluding tert-OH is 1. The topological polar surface area (TPSA) is 86.6 Å². The Morgan fingerprint density at radius 2 is 1.37 bits per heavy atom. The van der Waals surface area contributed by atoms with E-state index in [-0.39, 0.29) is 0 Å². The highest BCUT2D eigenvalue weighted by molar-refractivity contribution is 7.42. The van der Waals surface area contributed by atoms with Gasteiger partial charge in [0.2, 0.25) is 0 Å². The van der Waals surface area contributed by atoms with Gasteiger partial charge in [0.05, 0.1) is 6.61 Å². The van der Waals surface area contributed by atoms with E-state index < -0.39 is 26.6 Å². The number of aliphatic hydroxyl groups is 1. The number of nitrogens with one attached hydrogen (secondary N) is 1. The molecule has 5 nitrogen and oxygen atoms in total. The molecular formula is C21H42NO4P. The molecule has 0 amide bonds. The largest absolute Gasteiger partial charge is 0.480 e. The highest BCUT2D eigenvalue weighted by atomic mass is 31.1. The fraction of sp³-hybridized carbons (Fsp3) is 0.857. The summed E-state index contributed by atoms with van der Waals surface area (Å²) in [7, 11) is -2.11. The molecule has 3 N–H and O–H groups in total. The molecule has 6 heteroatoms. The smallest absolute Gasteiger partial charge is 0.323 e. The predicted molar refractivity (Wildman–Crippen MR) is 115 cm³/mol. The van der Waals surface area contributed by atoms with Crippen molar-refractivity contribution in [2.45, 2.75) is 103 Å². The second kappa shape index (κ2) is 20.1. The van der Waals surface area contributed by atoms with Crippen molar-refractivity contribution in [1.29, 1.82) is 0 Å². The third-order valence-corrected chi connectivity index (χ3v) is 6.21. The fourth-order valence-electron chi connectivity index (χ4n) is 2.99. The number of unbranched alkanes of at least 4 members (excludes halogenated alkanes) is 12. The standard InChI is InChI=1S/C21H42NO4P/c1-2-3-4-5-6-7-8-9-10-11-12-13-14-15-16-17-18-27(26)22-20(19-23)21(24)25/h7-8,20,23,27H,2-6,9-19H2,1H3,(H,22,26)(H,24,25)/b8-7+/t20-/m0/s1. The van der Waals surface area contributed by atoms with E-state index in [1.807, 2.05) is 0 Å². The quantitative estimate of drug-likeness (QED) is 0.141. The van der Waals surface area contributed by atoms with Gasteiger partial charge in [0.1, 0.15) is 14.0 Å². The maximum Gasteiger partial charge on any atom is 0.323 e. The van der Waals surface area contributed by atoms with Crippen LogP contribution in [-0.4, -0.2) is 35.0 Å². The normalized spacial score (nSPS) is 13.9. The number of hydrogen-bond donors (Lipinski definition) is 3. The summed E-state index contributed by atoms with van der Waals surface area (Å²) in [5.41, 5.74) is 0. The molecule has 1 unspecified atom stereocenters. The predicted octanol–water partition coefficient (Wildman–Crippen LogP) is 5.53. The molecule has 0 bridgehead atoms. The van der Waals surface area contributed by atoms with Crippen LogP contribution in [0.15, 0.2) is 12.2 Å². The first-order chi connectivity index (χ1) is 13.1. The van der Waals surface area contributed by atoms with Gasteiger partial charge in [-0.25, -0.2) is 0 Å². The molecule has 2 atom stereocenters. The lowest BCUT2D eigenvalue weighted by Crippen LogP contribution is -2.35. The molecule has 0 radical (unpaired) electrons. The van der Waals surface area contributed by atoms with Gasteiger partial charge >= 0.3 is 5.97 Å². The lowest BCUT2D eigenvalue weighted by Gasteiger charge is -2.11. The van der Waals surface area contributed by atoms with Gasteiger partial charge in [0, 0.05) is 6.16 Å². The lowest BCUT2D eigenvalue weighted by molar-refractivity contribution is -0.139. The van der Waals surface area contributed by atoms with Crippen molar-refractivity contribution < 1.29 is 19.6 Å². The molecule has 0 fully saturated rings. The molecule has 0 rings (SSSR count). The van der Waals surface area contributed by atoms with Crippen molar-refractivity contribution in [3.05, 3.63) is 12.2 Å². The van der Waals surface area contributed by atoms with Crippen LogP contribution in [0.3, 0.4) is 0 Å². The first kappa shape index (κ1) is 26.4.